The summed E-state index contributed by atoms with van der Waals surface area (Å²) in [5.41, 5.74) is 0. The molecule has 1 rings (SSSR count). The molecule has 2 heteroatoms. The van der Waals surface area contributed by atoms with Crippen LogP contribution < -0.4 is 0 Å². The van der Waals surface area contributed by atoms with Crippen LogP contribution in [0.5, 0.6) is 0 Å². The van der Waals surface area contributed by atoms with Gasteiger partial charge in [0.25, 0.3) is 0 Å². The van der Waals surface area contributed by atoms with Crippen LogP contribution in [-0.4, -0.2) is 24.4 Å². The number of hydrogen-bond acceptors (Lipinski definition) is 2. The van der Waals surface area contributed by atoms with Crippen molar-refractivity contribution in [3.63, 3.8) is 0 Å². The van der Waals surface area contributed by atoms with Gasteiger partial charge in [0, 0.05) is 7.11 Å². The lowest BCUT2D eigenvalue weighted by Crippen LogP contribution is -2.22. The molecule has 11 heavy (non-hydrogen) atoms. The molecule has 1 N–H and O–H groups in total. The maximum absolute atomic E-state index is 9.07. The van der Waals surface area contributed by atoms with E-state index in [1.54, 1.807) is 7.11 Å². The molecule has 1 saturated carbocycles. The molecule has 2 nitrogen and oxygen atoms in total. The molecule has 0 bridgehead atoms. The second kappa shape index (κ2) is 6.62. The van der Waals surface area contributed by atoms with E-state index in [0.717, 1.165) is 25.7 Å². The number of methoxy groups -OCH3 is 1. The fourth-order valence-electron chi connectivity index (χ4n) is 1.28. The van der Waals surface area contributed by atoms with E-state index in [-0.39, 0.29) is 6.10 Å². The van der Waals surface area contributed by atoms with Gasteiger partial charge in [-0.05, 0) is 25.7 Å². The first kappa shape index (κ1) is 10.9. The topological polar surface area (TPSA) is 29.5 Å². The van der Waals surface area contributed by atoms with Gasteiger partial charge in [-0.25, -0.2) is 0 Å². The molecule has 0 saturated heterocycles. The number of hydrogen-bond donors (Lipinski definition) is 1. The Morgan fingerprint density at radius 1 is 1.09 bits per heavy atom. The minimum atomic E-state index is -0.0589. The van der Waals surface area contributed by atoms with Gasteiger partial charge in [0.15, 0.2) is 0 Å². The van der Waals surface area contributed by atoms with E-state index in [1.165, 1.54) is 0 Å². The van der Waals surface area contributed by atoms with Crippen LogP contribution in [0.1, 0.15) is 39.5 Å². The Hall–Kier alpha value is -0.0800. The van der Waals surface area contributed by atoms with E-state index in [9.17, 15) is 0 Å². The largest absolute Gasteiger partial charge is 0.393 e. The van der Waals surface area contributed by atoms with Crippen LogP contribution in [0.3, 0.4) is 0 Å². The predicted molar refractivity (Wildman–Crippen MR) is 46.6 cm³/mol. The van der Waals surface area contributed by atoms with Crippen molar-refractivity contribution in [3.05, 3.63) is 0 Å². The van der Waals surface area contributed by atoms with Crippen LogP contribution in [0.2, 0.25) is 0 Å². The monoisotopic (exact) mass is 160 g/mol. The molecule has 0 aromatic carbocycles. The molecule has 0 aromatic rings. The van der Waals surface area contributed by atoms with Crippen molar-refractivity contribution in [2.24, 2.45) is 0 Å². The molecule has 0 atom stereocenters. The molecule has 1 aliphatic carbocycles. The molecule has 0 heterocycles. The molecule has 0 unspecified atom stereocenters. The molecule has 0 aromatic heterocycles. The summed E-state index contributed by atoms with van der Waals surface area (Å²) in [6.07, 6.45) is 4.23. The number of aliphatic hydroxyl groups excluding tert-OH is 1. The van der Waals surface area contributed by atoms with E-state index in [2.05, 4.69) is 0 Å². The first-order chi connectivity index (χ1) is 5.33. The van der Waals surface area contributed by atoms with Crippen molar-refractivity contribution >= 4 is 0 Å². The van der Waals surface area contributed by atoms with Gasteiger partial charge in [-0.1, -0.05) is 13.8 Å². The Labute approximate surface area is 69.6 Å². The highest BCUT2D eigenvalue weighted by Crippen LogP contribution is 2.19. The van der Waals surface area contributed by atoms with Gasteiger partial charge in [0.05, 0.1) is 12.2 Å². The standard InChI is InChI=1S/C7H14O2.C2H6/c1-9-7-4-2-6(8)3-5-7;1-2/h6-8H,2-5H2,1H3;1-2H3. The Morgan fingerprint density at radius 2 is 1.55 bits per heavy atom. The molecule has 0 radical (unpaired) electrons. The zero-order valence-electron chi connectivity index (χ0n) is 7.84. The van der Waals surface area contributed by atoms with Crippen molar-refractivity contribution in [2.45, 2.75) is 51.7 Å². The van der Waals surface area contributed by atoms with Crippen LogP contribution in [0.25, 0.3) is 0 Å². The number of ether oxygens (including phenoxy) is 1. The molecule has 1 fully saturated rings. The normalized spacial score (nSPS) is 30.5. The van der Waals surface area contributed by atoms with E-state index >= 15 is 0 Å². The van der Waals surface area contributed by atoms with Gasteiger partial charge in [0.1, 0.15) is 0 Å². The molecular formula is C9H20O2. The molecular weight excluding hydrogens is 140 g/mol. The summed E-state index contributed by atoms with van der Waals surface area (Å²) in [4.78, 5) is 0. The van der Waals surface area contributed by atoms with Crippen LogP contribution in [-0.2, 0) is 4.74 Å². The SMILES string of the molecule is CC.COC1CCC(O)CC1. The van der Waals surface area contributed by atoms with Crippen LogP contribution >= 0.6 is 0 Å². The third-order valence-corrected chi connectivity index (χ3v) is 1.98. The van der Waals surface area contributed by atoms with E-state index in [1.807, 2.05) is 13.8 Å². The van der Waals surface area contributed by atoms with Gasteiger partial charge in [-0.3, -0.25) is 0 Å². The molecule has 68 valence electrons. The third kappa shape index (κ3) is 4.38. The second-order valence-corrected chi connectivity index (χ2v) is 2.67. The first-order valence-electron chi connectivity index (χ1n) is 4.54. The third-order valence-electron chi connectivity index (χ3n) is 1.98. The summed E-state index contributed by atoms with van der Waals surface area (Å²) in [7, 11) is 1.74. The van der Waals surface area contributed by atoms with Gasteiger partial charge in [0.2, 0.25) is 0 Å². The fraction of sp³-hybridized carbons (Fsp3) is 1.00. The van der Waals surface area contributed by atoms with Gasteiger partial charge in [-0.2, -0.15) is 0 Å². The lowest BCUT2D eigenvalue weighted by molar-refractivity contribution is 0.0244. The zero-order chi connectivity index (χ0) is 8.69. The van der Waals surface area contributed by atoms with E-state index < -0.39 is 0 Å². The molecule has 0 spiro atoms. The average molecular weight is 160 g/mol. The Kier molecular flexibility index (Phi) is 6.57. The Balaban J connectivity index is 0.000000461. The van der Waals surface area contributed by atoms with Gasteiger partial charge in [-0.15, -0.1) is 0 Å². The number of rotatable bonds is 1. The summed E-state index contributed by atoms with van der Waals surface area (Å²) in [5, 5.41) is 9.07. The van der Waals surface area contributed by atoms with Crippen molar-refractivity contribution in [3.8, 4) is 0 Å². The van der Waals surface area contributed by atoms with Gasteiger partial charge >= 0.3 is 0 Å². The first-order valence-corrected chi connectivity index (χ1v) is 4.54. The lowest BCUT2D eigenvalue weighted by atomic mass is 9.95. The highest BCUT2D eigenvalue weighted by atomic mass is 16.5. The summed E-state index contributed by atoms with van der Waals surface area (Å²) in [6, 6.07) is 0. The van der Waals surface area contributed by atoms with E-state index in [0.29, 0.717) is 6.10 Å². The highest BCUT2D eigenvalue weighted by Gasteiger charge is 2.17. The van der Waals surface area contributed by atoms with Crippen LogP contribution in [0.15, 0.2) is 0 Å². The quantitative estimate of drug-likeness (QED) is 0.635. The summed E-state index contributed by atoms with van der Waals surface area (Å²) >= 11 is 0. The summed E-state index contributed by atoms with van der Waals surface area (Å²) < 4.78 is 5.13. The second-order valence-electron chi connectivity index (χ2n) is 2.67. The van der Waals surface area contributed by atoms with E-state index in [4.69, 9.17) is 9.84 Å². The van der Waals surface area contributed by atoms with Gasteiger partial charge < -0.3 is 9.84 Å². The van der Waals surface area contributed by atoms with Crippen molar-refractivity contribution < 1.29 is 9.84 Å². The maximum atomic E-state index is 9.07. The average Bonchev–Trinajstić information content (AvgIpc) is 2.10. The molecule has 1 aliphatic rings. The molecule has 0 aliphatic heterocycles. The summed E-state index contributed by atoms with van der Waals surface area (Å²) in [6.45, 7) is 4.00. The van der Waals surface area contributed by atoms with Crippen molar-refractivity contribution in [2.75, 3.05) is 7.11 Å². The maximum Gasteiger partial charge on any atom is 0.0573 e. The zero-order valence-corrected chi connectivity index (χ0v) is 7.84. The predicted octanol–water partition coefficient (Wildman–Crippen LogP) is 1.96. The minimum Gasteiger partial charge on any atom is -0.393 e. The van der Waals surface area contributed by atoms with Crippen LogP contribution in [0, 0.1) is 0 Å². The van der Waals surface area contributed by atoms with Crippen LogP contribution in [0.4, 0.5) is 0 Å². The minimum absolute atomic E-state index is 0.0589. The molecule has 0 amide bonds. The summed E-state index contributed by atoms with van der Waals surface area (Å²) in [5.74, 6) is 0. The van der Waals surface area contributed by atoms with Crippen molar-refractivity contribution in [1.29, 1.82) is 0 Å². The fourth-order valence-corrected chi connectivity index (χ4v) is 1.28. The Bertz CT molecular complexity index is 75.6. The van der Waals surface area contributed by atoms with Crippen molar-refractivity contribution in [1.82, 2.24) is 0 Å². The highest BCUT2D eigenvalue weighted by molar-refractivity contribution is 4.70. The Morgan fingerprint density at radius 3 is 1.91 bits per heavy atom. The lowest BCUT2D eigenvalue weighted by Gasteiger charge is -2.23. The number of aliphatic hydroxyl groups is 1. The smallest absolute Gasteiger partial charge is 0.0573 e.